The first-order chi connectivity index (χ1) is 8.19. The molecule has 1 aliphatic heterocycles. The summed E-state index contributed by atoms with van der Waals surface area (Å²) in [6, 6.07) is 0. The van der Waals surface area contributed by atoms with Gasteiger partial charge in [0.1, 0.15) is 6.10 Å². The first-order valence-electron chi connectivity index (χ1n) is 5.08. The first-order valence-corrected chi connectivity index (χ1v) is 5.08. The normalized spacial score (nSPS) is 22.6. The van der Waals surface area contributed by atoms with Crippen LogP contribution in [0.5, 0.6) is 0 Å². The molecule has 0 bridgehead atoms. The topological polar surface area (TPSA) is 35.5 Å². The molecule has 1 fully saturated rings. The van der Waals surface area contributed by atoms with Crippen molar-refractivity contribution >= 4 is 5.97 Å². The fraction of sp³-hybridized carbons (Fsp3) is 0.700. The quantitative estimate of drug-likeness (QED) is 0.449. The van der Waals surface area contributed by atoms with Crippen molar-refractivity contribution in [3.05, 3.63) is 12.7 Å². The molecule has 1 rings (SSSR count). The van der Waals surface area contributed by atoms with Crippen LogP contribution in [0.3, 0.4) is 0 Å². The van der Waals surface area contributed by atoms with E-state index in [2.05, 4.69) is 16.1 Å². The van der Waals surface area contributed by atoms with Crippen LogP contribution in [0.25, 0.3) is 0 Å². The van der Waals surface area contributed by atoms with Crippen LogP contribution in [-0.4, -0.2) is 36.9 Å². The molecule has 0 aromatic rings. The van der Waals surface area contributed by atoms with E-state index in [1.165, 1.54) is 0 Å². The van der Waals surface area contributed by atoms with Gasteiger partial charge in [0.15, 0.2) is 0 Å². The number of esters is 1. The minimum atomic E-state index is -5.38. The molecule has 0 aliphatic carbocycles. The van der Waals surface area contributed by atoms with Crippen LogP contribution in [0.1, 0.15) is 12.8 Å². The van der Waals surface area contributed by atoms with Gasteiger partial charge in [-0.05, 0) is 12.8 Å². The number of hydrogen-bond donors (Lipinski definition) is 0. The second kappa shape index (κ2) is 5.21. The van der Waals surface area contributed by atoms with Crippen LogP contribution < -0.4 is 0 Å². The minimum Gasteiger partial charge on any atom is -0.443 e. The standard InChI is InChI=1S/C10H11F5O3/c1-2-7(16)18-8(10(13,14)15)9(11,12)6-4-3-5-17-6/h2,6,8H,1,3-5H2. The van der Waals surface area contributed by atoms with Gasteiger partial charge in [0.05, 0.1) is 0 Å². The highest BCUT2D eigenvalue weighted by Gasteiger charge is 2.63. The fourth-order valence-corrected chi connectivity index (χ4v) is 1.58. The first kappa shape index (κ1) is 14.9. The molecule has 3 nitrogen and oxygen atoms in total. The third-order valence-corrected chi connectivity index (χ3v) is 2.41. The fourth-order valence-electron chi connectivity index (χ4n) is 1.58. The Morgan fingerprint density at radius 3 is 2.39 bits per heavy atom. The van der Waals surface area contributed by atoms with Crippen LogP contribution in [0, 0.1) is 0 Å². The Morgan fingerprint density at radius 2 is 2.00 bits per heavy atom. The van der Waals surface area contributed by atoms with E-state index in [9.17, 15) is 26.7 Å². The Balaban J connectivity index is 2.93. The summed E-state index contributed by atoms with van der Waals surface area (Å²) in [5.74, 6) is -5.89. The van der Waals surface area contributed by atoms with Crippen molar-refractivity contribution in [1.82, 2.24) is 0 Å². The van der Waals surface area contributed by atoms with Gasteiger partial charge in [-0.3, -0.25) is 0 Å². The van der Waals surface area contributed by atoms with Gasteiger partial charge >= 0.3 is 18.1 Å². The number of rotatable bonds is 4. The molecule has 1 saturated heterocycles. The summed E-state index contributed by atoms with van der Waals surface area (Å²) in [7, 11) is 0. The summed E-state index contributed by atoms with van der Waals surface area (Å²) >= 11 is 0. The molecule has 0 N–H and O–H groups in total. The van der Waals surface area contributed by atoms with E-state index < -0.39 is 30.3 Å². The van der Waals surface area contributed by atoms with Gasteiger partial charge in [0.2, 0.25) is 0 Å². The smallest absolute Gasteiger partial charge is 0.431 e. The molecule has 2 atom stereocenters. The highest BCUT2D eigenvalue weighted by atomic mass is 19.4. The number of hydrogen-bond acceptors (Lipinski definition) is 3. The highest BCUT2D eigenvalue weighted by molar-refractivity contribution is 5.81. The van der Waals surface area contributed by atoms with Crippen LogP contribution in [0.15, 0.2) is 12.7 Å². The molecule has 0 spiro atoms. The van der Waals surface area contributed by atoms with Crippen LogP contribution >= 0.6 is 0 Å². The molecular weight excluding hydrogens is 263 g/mol. The third kappa shape index (κ3) is 3.18. The lowest BCUT2D eigenvalue weighted by Gasteiger charge is -2.31. The van der Waals surface area contributed by atoms with E-state index in [4.69, 9.17) is 0 Å². The molecule has 104 valence electrons. The van der Waals surface area contributed by atoms with Crippen molar-refractivity contribution < 1.29 is 36.2 Å². The highest BCUT2D eigenvalue weighted by Crippen LogP contribution is 2.40. The molecule has 0 saturated carbocycles. The number of ether oxygens (including phenoxy) is 2. The Labute approximate surface area is 99.5 Å². The number of halogens is 5. The average Bonchev–Trinajstić information content (AvgIpc) is 2.77. The predicted molar refractivity (Wildman–Crippen MR) is 50.1 cm³/mol. The predicted octanol–water partition coefficient (Wildman–Crippen LogP) is 2.46. The second-order valence-corrected chi connectivity index (χ2v) is 3.74. The Morgan fingerprint density at radius 1 is 1.39 bits per heavy atom. The zero-order valence-corrected chi connectivity index (χ0v) is 9.18. The molecule has 1 heterocycles. The SMILES string of the molecule is C=CC(=O)OC(C(F)(F)F)C(F)(F)C1CCCO1. The molecule has 8 heteroatoms. The third-order valence-electron chi connectivity index (χ3n) is 2.41. The van der Waals surface area contributed by atoms with Crippen LogP contribution in [-0.2, 0) is 14.3 Å². The van der Waals surface area contributed by atoms with Crippen molar-refractivity contribution in [2.75, 3.05) is 6.61 Å². The van der Waals surface area contributed by atoms with Gasteiger partial charge in [-0.25, -0.2) is 4.79 Å². The Hall–Kier alpha value is -1.18. The Kier molecular flexibility index (Phi) is 4.31. The number of carbonyl (C=O) groups excluding carboxylic acids is 1. The summed E-state index contributed by atoms with van der Waals surface area (Å²) in [4.78, 5) is 10.7. The number of alkyl halides is 5. The molecule has 18 heavy (non-hydrogen) atoms. The summed E-state index contributed by atoms with van der Waals surface area (Å²) in [6.07, 6.45) is -10.4. The van der Waals surface area contributed by atoms with Gasteiger partial charge in [-0.2, -0.15) is 22.0 Å². The lowest BCUT2D eigenvalue weighted by Crippen LogP contribution is -2.53. The molecule has 1 aliphatic rings. The molecule has 0 aromatic heterocycles. The van der Waals surface area contributed by atoms with E-state index >= 15 is 0 Å². The molecular formula is C10H11F5O3. The lowest BCUT2D eigenvalue weighted by molar-refractivity contribution is -0.295. The van der Waals surface area contributed by atoms with Gasteiger partial charge in [-0.1, -0.05) is 6.58 Å². The molecule has 0 aromatic carbocycles. The van der Waals surface area contributed by atoms with Gasteiger partial charge in [0.25, 0.3) is 6.10 Å². The maximum absolute atomic E-state index is 13.6. The number of carbonyl (C=O) groups is 1. The zero-order chi connectivity index (χ0) is 14.0. The van der Waals surface area contributed by atoms with E-state index in [-0.39, 0.29) is 19.4 Å². The summed E-state index contributed by atoms with van der Waals surface area (Å²) < 4.78 is 73.1. The lowest BCUT2D eigenvalue weighted by atomic mass is 10.0. The Bertz CT molecular complexity index is 320. The minimum absolute atomic E-state index is 0.0414. The van der Waals surface area contributed by atoms with Crippen molar-refractivity contribution in [2.45, 2.75) is 37.1 Å². The van der Waals surface area contributed by atoms with E-state index in [0.29, 0.717) is 6.08 Å². The van der Waals surface area contributed by atoms with E-state index in [1.807, 2.05) is 0 Å². The second-order valence-electron chi connectivity index (χ2n) is 3.74. The van der Waals surface area contributed by atoms with Crippen molar-refractivity contribution in [3.8, 4) is 0 Å². The summed E-state index contributed by atoms with van der Waals surface area (Å²) in [5, 5.41) is 0. The maximum Gasteiger partial charge on any atom is 0.431 e. The van der Waals surface area contributed by atoms with Crippen LogP contribution in [0.4, 0.5) is 22.0 Å². The molecule has 2 unspecified atom stereocenters. The molecule has 0 radical (unpaired) electrons. The van der Waals surface area contributed by atoms with Gasteiger partial charge < -0.3 is 9.47 Å². The van der Waals surface area contributed by atoms with E-state index in [1.54, 1.807) is 0 Å². The van der Waals surface area contributed by atoms with Crippen molar-refractivity contribution in [1.29, 1.82) is 0 Å². The van der Waals surface area contributed by atoms with Crippen LogP contribution in [0.2, 0.25) is 0 Å². The monoisotopic (exact) mass is 274 g/mol. The van der Waals surface area contributed by atoms with Gasteiger partial charge in [0, 0.05) is 12.7 Å². The van der Waals surface area contributed by atoms with Crippen molar-refractivity contribution in [2.24, 2.45) is 0 Å². The van der Waals surface area contributed by atoms with E-state index in [0.717, 1.165) is 0 Å². The zero-order valence-electron chi connectivity index (χ0n) is 9.18. The van der Waals surface area contributed by atoms with Crippen molar-refractivity contribution in [3.63, 3.8) is 0 Å². The van der Waals surface area contributed by atoms with Gasteiger partial charge in [-0.15, -0.1) is 0 Å². The summed E-state index contributed by atoms with van der Waals surface area (Å²) in [6.45, 7) is 2.82. The largest absolute Gasteiger partial charge is 0.443 e. The maximum atomic E-state index is 13.6. The molecule has 0 amide bonds. The summed E-state index contributed by atoms with van der Waals surface area (Å²) in [5.41, 5.74) is 0. The average molecular weight is 274 g/mol.